The maximum atomic E-state index is 11.0. The van der Waals surface area contributed by atoms with Gasteiger partial charge in [-0.25, -0.2) is 0 Å². The van der Waals surface area contributed by atoms with Gasteiger partial charge in [0.25, 0.3) is 0 Å². The summed E-state index contributed by atoms with van der Waals surface area (Å²) >= 11 is 0. The van der Waals surface area contributed by atoms with Gasteiger partial charge >= 0.3 is 5.97 Å². The Morgan fingerprint density at radius 1 is 1.43 bits per heavy atom. The van der Waals surface area contributed by atoms with Crippen LogP contribution < -0.4 is 0 Å². The van der Waals surface area contributed by atoms with Gasteiger partial charge in [-0.05, 0) is 19.8 Å². The molecule has 1 aliphatic carbocycles. The van der Waals surface area contributed by atoms with E-state index in [2.05, 4.69) is 6.58 Å². The van der Waals surface area contributed by atoms with Crippen molar-refractivity contribution in [2.45, 2.75) is 38.7 Å². The zero-order valence-corrected chi connectivity index (χ0v) is 8.57. The third-order valence-corrected chi connectivity index (χ3v) is 3.05. The summed E-state index contributed by atoms with van der Waals surface area (Å²) in [6, 6.07) is 0. The lowest BCUT2D eigenvalue weighted by Crippen LogP contribution is -2.35. The van der Waals surface area contributed by atoms with Gasteiger partial charge in [0.15, 0.2) is 0 Å². The number of carbonyl (C=O) groups is 1. The number of hydrogen-bond donors (Lipinski definition) is 2. The average Bonchev–Trinajstić information content (AvgIpc) is 2.16. The minimum Gasteiger partial charge on any atom is -0.481 e. The lowest BCUT2D eigenvalue weighted by Gasteiger charge is -2.32. The molecule has 0 aromatic heterocycles. The molecule has 0 heterocycles. The van der Waals surface area contributed by atoms with E-state index in [1.54, 1.807) is 6.92 Å². The first-order valence-corrected chi connectivity index (χ1v) is 5.10. The molecule has 1 unspecified atom stereocenters. The summed E-state index contributed by atoms with van der Waals surface area (Å²) in [6.45, 7) is 5.43. The Labute approximate surface area is 84.4 Å². The monoisotopic (exact) mass is 198 g/mol. The smallest absolute Gasteiger partial charge is 0.306 e. The van der Waals surface area contributed by atoms with Crippen molar-refractivity contribution >= 4 is 5.97 Å². The van der Waals surface area contributed by atoms with Crippen LogP contribution in [-0.4, -0.2) is 22.3 Å². The molecular weight excluding hydrogens is 180 g/mol. The van der Waals surface area contributed by atoms with E-state index in [0.717, 1.165) is 19.3 Å². The minimum absolute atomic E-state index is 0.140. The molecule has 3 heteroatoms. The molecule has 80 valence electrons. The molecule has 14 heavy (non-hydrogen) atoms. The molecule has 0 spiro atoms. The van der Waals surface area contributed by atoms with Crippen LogP contribution in [-0.2, 0) is 4.79 Å². The molecule has 0 aliphatic heterocycles. The highest BCUT2D eigenvalue weighted by Gasteiger charge is 2.35. The molecule has 0 saturated heterocycles. The second-order valence-corrected chi connectivity index (χ2v) is 4.18. The standard InChI is InChI=1S/C11H18O3/c1-7(2)10(12)8-5-3-4-6-9(8)11(13)14/h8-10,12H,1,3-6H2,2H3,(H,13,14)/t8-,9-,10?/m0/s1. The van der Waals surface area contributed by atoms with E-state index in [4.69, 9.17) is 5.11 Å². The van der Waals surface area contributed by atoms with Crippen molar-refractivity contribution in [2.75, 3.05) is 0 Å². The van der Waals surface area contributed by atoms with Gasteiger partial charge in [-0.15, -0.1) is 0 Å². The Bertz CT molecular complexity index is 235. The van der Waals surface area contributed by atoms with E-state index >= 15 is 0 Å². The zero-order valence-electron chi connectivity index (χ0n) is 8.57. The Morgan fingerprint density at radius 2 is 2.00 bits per heavy atom. The highest BCUT2D eigenvalue weighted by Crippen LogP contribution is 2.34. The quantitative estimate of drug-likeness (QED) is 0.680. The molecule has 2 N–H and O–H groups in total. The first-order valence-electron chi connectivity index (χ1n) is 5.10. The second-order valence-electron chi connectivity index (χ2n) is 4.18. The van der Waals surface area contributed by atoms with Gasteiger partial charge in [0.2, 0.25) is 0 Å². The van der Waals surface area contributed by atoms with Gasteiger partial charge in [-0.1, -0.05) is 25.0 Å². The molecule has 1 aliphatic rings. The van der Waals surface area contributed by atoms with Crippen molar-refractivity contribution in [3.8, 4) is 0 Å². The zero-order chi connectivity index (χ0) is 10.7. The molecule has 0 aromatic carbocycles. The van der Waals surface area contributed by atoms with Gasteiger partial charge in [-0.2, -0.15) is 0 Å². The van der Waals surface area contributed by atoms with Crippen LogP contribution >= 0.6 is 0 Å². The van der Waals surface area contributed by atoms with Gasteiger partial charge in [-0.3, -0.25) is 4.79 Å². The van der Waals surface area contributed by atoms with Crippen molar-refractivity contribution in [1.82, 2.24) is 0 Å². The van der Waals surface area contributed by atoms with Crippen LogP contribution in [0.1, 0.15) is 32.6 Å². The normalized spacial score (nSPS) is 29.6. The second kappa shape index (κ2) is 4.60. The summed E-state index contributed by atoms with van der Waals surface area (Å²) in [7, 11) is 0. The third-order valence-electron chi connectivity index (χ3n) is 3.05. The Kier molecular flexibility index (Phi) is 3.69. The van der Waals surface area contributed by atoms with Crippen molar-refractivity contribution < 1.29 is 15.0 Å². The van der Waals surface area contributed by atoms with E-state index in [9.17, 15) is 9.90 Å². The lowest BCUT2D eigenvalue weighted by molar-refractivity contribution is -0.146. The molecular formula is C11H18O3. The maximum absolute atomic E-state index is 11.0. The molecule has 3 atom stereocenters. The first kappa shape index (κ1) is 11.2. The van der Waals surface area contributed by atoms with Crippen LogP contribution in [0.5, 0.6) is 0 Å². The molecule has 0 radical (unpaired) electrons. The van der Waals surface area contributed by atoms with Crippen LogP contribution in [0.4, 0.5) is 0 Å². The number of aliphatic hydroxyl groups excluding tert-OH is 1. The topological polar surface area (TPSA) is 57.5 Å². The summed E-state index contributed by atoms with van der Waals surface area (Å²) in [4.78, 5) is 11.0. The Morgan fingerprint density at radius 3 is 2.50 bits per heavy atom. The summed E-state index contributed by atoms with van der Waals surface area (Å²) in [5.41, 5.74) is 0.670. The Hall–Kier alpha value is -0.830. The number of carboxylic acids is 1. The fraction of sp³-hybridized carbons (Fsp3) is 0.727. The largest absolute Gasteiger partial charge is 0.481 e. The van der Waals surface area contributed by atoms with Gasteiger partial charge < -0.3 is 10.2 Å². The first-order chi connectivity index (χ1) is 6.54. The van der Waals surface area contributed by atoms with Crippen LogP contribution in [0.3, 0.4) is 0 Å². The molecule has 3 nitrogen and oxygen atoms in total. The summed E-state index contributed by atoms with van der Waals surface area (Å²) in [6.07, 6.45) is 2.79. The van der Waals surface area contributed by atoms with E-state index in [-0.39, 0.29) is 5.92 Å². The Balaban J connectivity index is 2.72. The lowest BCUT2D eigenvalue weighted by atomic mass is 9.75. The highest BCUT2D eigenvalue weighted by molar-refractivity contribution is 5.70. The molecule has 0 bridgehead atoms. The van der Waals surface area contributed by atoms with Gasteiger partial charge in [0.1, 0.15) is 0 Å². The summed E-state index contributed by atoms with van der Waals surface area (Å²) < 4.78 is 0. The molecule has 1 rings (SSSR count). The van der Waals surface area contributed by atoms with Crippen LogP contribution in [0, 0.1) is 11.8 Å². The van der Waals surface area contributed by atoms with E-state index < -0.39 is 18.0 Å². The third kappa shape index (κ3) is 2.35. The average molecular weight is 198 g/mol. The van der Waals surface area contributed by atoms with Crippen LogP contribution in [0.2, 0.25) is 0 Å². The summed E-state index contributed by atoms with van der Waals surface area (Å²) in [5, 5.41) is 18.8. The minimum atomic E-state index is -0.782. The van der Waals surface area contributed by atoms with Crippen molar-refractivity contribution in [3.05, 3.63) is 12.2 Å². The fourth-order valence-electron chi connectivity index (χ4n) is 2.21. The van der Waals surface area contributed by atoms with E-state index in [0.29, 0.717) is 12.0 Å². The van der Waals surface area contributed by atoms with Crippen molar-refractivity contribution in [2.24, 2.45) is 11.8 Å². The molecule has 1 fully saturated rings. The number of hydrogen-bond acceptors (Lipinski definition) is 2. The van der Waals surface area contributed by atoms with E-state index in [1.807, 2.05) is 0 Å². The predicted octanol–water partition coefficient (Wildman–Crippen LogP) is 1.81. The fourth-order valence-corrected chi connectivity index (χ4v) is 2.21. The summed E-state index contributed by atoms with van der Waals surface area (Å²) in [5.74, 6) is -1.32. The van der Waals surface area contributed by atoms with Crippen LogP contribution in [0.25, 0.3) is 0 Å². The van der Waals surface area contributed by atoms with Crippen molar-refractivity contribution in [1.29, 1.82) is 0 Å². The van der Waals surface area contributed by atoms with Crippen molar-refractivity contribution in [3.63, 3.8) is 0 Å². The predicted molar refractivity (Wildman–Crippen MR) is 53.9 cm³/mol. The number of aliphatic hydroxyl groups is 1. The molecule has 0 aromatic rings. The SMILES string of the molecule is C=C(C)C(O)[C@H]1CCCC[C@@H]1C(=O)O. The van der Waals surface area contributed by atoms with Gasteiger partial charge in [0.05, 0.1) is 12.0 Å². The molecule has 0 amide bonds. The van der Waals surface area contributed by atoms with E-state index in [1.165, 1.54) is 0 Å². The van der Waals surface area contributed by atoms with Gasteiger partial charge in [0, 0.05) is 5.92 Å². The highest BCUT2D eigenvalue weighted by atomic mass is 16.4. The number of rotatable bonds is 3. The molecule has 1 saturated carbocycles. The number of carboxylic acid groups (broad SMARTS) is 1. The maximum Gasteiger partial charge on any atom is 0.306 e. The number of aliphatic carboxylic acids is 1. The van der Waals surface area contributed by atoms with Crippen LogP contribution in [0.15, 0.2) is 12.2 Å².